The second-order valence-electron chi connectivity index (χ2n) is 5.38. The summed E-state index contributed by atoms with van der Waals surface area (Å²) in [5.74, 6) is 0.283. The van der Waals surface area contributed by atoms with Crippen LogP contribution in [0.2, 0.25) is 5.02 Å². The molecular weight excluding hydrogens is 342 g/mol. The van der Waals surface area contributed by atoms with E-state index in [0.29, 0.717) is 5.02 Å². The van der Waals surface area contributed by atoms with Crippen molar-refractivity contribution in [2.75, 3.05) is 11.9 Å². The lowest BCUT2D eigenvalue weighted by Gasteiger charge is -2.22. The number of halogens is 2. The number of rotatable bonds is 7. The van der Waals surface area contributed by atoms with Crippen molar-refractivity contribution in [2.45, 2.75) is 33.1 Å². The third-order valence-electron chi connectivity index (χ3n) is 3.28. The van der Waals surface area contributed by atoms with Crippen LogP contribution < -0.4 is 11.1 Å². The van der Waals surface area contributed by atoms with Crippen molar-refractivity contribution < 1.29 is 5.21 Å². The highest BCUT2D eigenvalue weighted by molar-refractivity contribution is 9.10. The molecule has 0 aromatic heterocycles. The van der Waals surface area contributed by atoms with Crippen molar-refractivity contribution in [3.8, 4) is 0 Å². The fourth-order valence-electron chi connectivity index (χ4n) is 1.79. The topological polar surface area (TPSA) is 70.6 Å². The van der Waals surface area contributed by atoms with E-state index in [1.54, 1.807) is 0 Å². The first-order valence-electron chi connectivity index (χ1n) is 6.54. The fraction of sp³-hybridized carbons (Fsp3) is 0.500. The Kier molecular flexibility index (Phi) is 6.62. The smallest absolute Gasteiger partial charge is 0.144 e. The predicted octanol–water partition coefficient (Wildman–Crippen LogP) is 4.46. The van der Waals surface area contributed by atoms with Gasteiger partial charge < -0.3 is 16.3 Å². The highest BCUT2D eigenvalue weighted by Crippen LogP contribution is 2.26. The van der Waals surface area contributed by atoms with Crippen LogP contribution >= 0.6 is 27.5 Å². The van der Waals surface area contributed by atoms with Gasteiger partial charge in [-0.2, -0.15) is 0 Å². The molecule has 0 atom stereocenters. The second-order valence-corrected chi connectivity index (χ2v) is 6.64. The Labute approximate surface area is 133 Å². The predicted molar refractivity (Wildman–Crippen MR) is 88.7 cm³/mol. The molecule has 112 valence electrons. The first-order valence-corrected chi connectivity index (χ1v) is 7.71. The summed E-state index contributed by atoms with van der Waals surface area (Å²) in [5, 5.41) is 15.8. The highest BCUT2D eigenvalue weighted by Gasteiger charge is 2.22. The van der Waals surface area contributed by atoms with Gasteiger partial charge in [-0.15, -0.1) is 0 Å². The summed E-state index contributed by atoms with van der Waals surface area (Å²) in [5.41, 5.74) is 6.39. The third kappa shape index (κ3) is 5.21. The molecule has 6 heteroatoms. The summed E-state index contributed by atoms with van der Waals surface area (Å²) in [6.07, 6.45) is 2.89. The van der Waals surface area contributed by atoms with Gasteiger partial charge in [0.1, 0.15) is 5.84 Å². The number of unbranched alkanes of at least 4 members (excludes halogenated alkanes) is 1. The lowest BCUT2D eigenvalue weighted by atomic mass is 9.86. The van der Waals surface area contributed by atoms with Gasteiger partial charge in [0.05, 0.1) is 5.02 Å². The average molecular weight is 363 g/mol. The maximum atomic E-state index is 8.70. The minimum absolute atomic E-state index is 0.268. The van der Waals surface area contributed by atoms with Crippen LogP contribution in [0.1, 0.15) is 33.1 Å². The van der Waals surface area contributed by atoms with Crippen LogP contribution in [-0.2, 0) is 0 Å². The molecular formula is C14H21BrClN3O. The van der Waals surface area contributed by atoms with Crippen molar-refractivity contribution in [3.05, 3.63) is 27.7 Å². The summed E-state index contributed by atoms with van der Waals surface area (Å²) >= 11 is 9.39. The molecule has 0 aliphatic carbocycles. The molecule has 1 aromatic carbocycles. The Morgan fingerprint density at radius 3 is 2.75 bits per heavy atom. The van der Waals surface area contributed by atoms with Crippen LogP contribution in [-0.4, -0.2) is 17.6 Å². The van der Waals surface area contributed by atoms with Crippen LogP contribution in [0.3, 0.4) is 0 Å². The maximum absolute atomic E-state index is 8.70. The first kappa shape index (κ1) is 17.1. The molecule has 0 unspecified atom stereocenters. The molecule has 0 aliphatic rings. The summed E-state index contributed by atoms with van der Waals surface area (Å²) < 4.78 is 0.894. The number of anilines is 1. The van der Waals surface area contributed by atoms with Crippen LogP contribution in [0.15, 0.2) is 27.8 Å². The molecule has 0 saturated carbocycles. The third-order valence-corrected chi connectivity index (χ3v) is 4.51. The number of amidine groups is 1. The molecule has 4 nitrogen and oxygen atoms in total. The van der Waals surface area contributed by atoms with Gasteiger partial charge in [0.2, 0.25) is 0 Å². The normalized spacial score (nSPS) is 12.5. The highest BCUT2D eigenvalue weighted by atomic mass is 79.9. The molecule has 1 rings (SSSR count). The molecule has 0 spiro atoms. The minimum Gasteiger partial charge on any atom is -0.409 e. The van der Waals surface area contributed by atoms with E-state index >= 15 is 0 Å². The summed E-state index contributed by atoms with van der Waals surface area (Å²) in [6, 6.07) is 5.80. The summed E-state index contributed by atoms with van der Waals surface area (Å²) in [6.45, 7) is 4.82. The monoisotopic (exact) mass is 361 g/mol. The maximum Gasteiger partial charge on any atom is 0.144 e. The zero-order chi connectivity index (χ0) is 15.2. The van der Waals surface area contributed by atoms with E-state index in [-0.39, 0.29) is 11.3 Å². The lowest BCUT2D eigenvalue weighted by molar-refractivity contribution is 0.304. The lowest BCUT2D eigenvalue weighted by Crippen LogP contribution is -2.31. The number of hydrogen-bond acceptors (Lipinski definition) is 3. The quantitative estimate of drug-likeness (QED) is 0.220. The van der Waals surface area contributed by atoms with Crippen LogP contribution in [0, 0.1) is 5.41 Å². The number of nitrogens with zero attached hydrogens (tertiary/aromatic N) is 1. The van der Waals surface area contributed by atoms with Crippen LogP contribution in [0.25, 0.3) is 0 Å². The second kappa shape index (κ2) is 7.74. The SMILES string of the molecule is CC(C)(CCCCNc1ccc(Br)c(Cl)c1)/C(N)=N/O. The number of nitrogens with two attached hydrogens (primary N) is 1. The van der Waals surface area contributed by atoms with Crippen molar-refractivity contribution in [1.29, 1.82) is 0 Å². The molecule has 0 saturated heterocycles. The Hall–Kier alpha value is -0.940. The van der Waals surface area contributed by atoms with Crippen molar-refractivity contribution in [2.24, 2.45) is 16.3 Å². The fourth-order valence-corrected chi connectivity index (χ4v) is 2.22. The standard InChI is InChI=1S/C14H21BrClN3O/c1-14(2,13(17)19-20)7-3-4-8-18-10-5-6-11(15)12(16)9-10/h5-6,9,18,20H,3-4,7-8H2,1-2H3,(H2,17,19). The number of oxime groups is 1. The molecule has 0 bridgehead atoms. The Bertz CT molecular complexity index is 477. The Morgan fingerprint density at radius 1 is 1.45 bits per heavy atom. The van der Waals surface area contributed by atoms with E-state index < -0.39 is 0 Å². The van der Waals surface area contributed by atoms with Crippen molar-refractivity contribution in [1.82, 2.24) is 0 Å². The first-order chi connectivity index (χ1) is 9.36. The molecule has 0 heterocycles. The van der Waals surface area contributed by atoms with Gasteiger partial charge in [-0.1, -0.05) is 37.0 Å². The van der Waals surface area contributed by atoms with Gasteiger partial charge in [-0.05, 0) is 47.0 Å². The molecule has 20 heavy (non-hydrogen) atoms. The van der Waals surface area contributed by atoms with Gasteiger partial charge in [-0.25, -0.2) is 0 Å². The van der Waals surface area contributed by atoms with E-state index in [9.17, 15) is 0 Å². The van der Waals surface area contributed by atoms with Gasteiger partial charge in [0.15, 0.2) is 0 Å². The molecule has 0 radical (unpaired) electrons. The Morgan fingerprint density at radius 2 is 2.15 bits per heavy atom. The largest absolute Gasteiger partial charge is 0.409 e. The number of nitrogens with one attached hydrogen (secondary N) is 1. The molecule has 0 aliphatic heterocycles. The van der Waals surface area contributed by atoms with Crippen LogP contribution in [0.4, 0.5) is 5.69 Å². The van der Waals surface area contributed by atoms with Crippen LogP contribution in [0.5, 0.6) is 0 Å². The minimum atomic E-state index is -0.268. The Balaban J connectivity index is 2.30. The van der Waals surface area contributed by atoms with E-state index in [1.807, 2.05) is 32.0 Å². The zero-order valence-electron chi connectivity index (χ0n) is 11.8. The number of benzene rings is 1. The average Bonchev–Trinajstić information content (AvgIpc) is 2.41. The molecule has 1 aromatic rings. The van der Waals surface area contributed by atoms with E-state index in [2.05, 4.69) is 26.4 Å². The van der Waals surface area contributed by atoms with E-state index in [1.165, 1.54) is 0 Å². The van der Waals surface area contributed by atoms with E-state index in [4.69, 9.17) is 22.5 Å². The summed E-state index contributed by atoms with van der Waals surface area (Å²) in [7, 11) is 0. The zero-order valence-corrected chi connectivity index (χ0v) is 14.1. The van der Waals surface area contributed by atoms with E-state index in [0.717, 1.165) is 36.0 Å². The van der Waals surface area contributed by atoms with Gasteiger partial charge in [-0.3, -0.25) is 0 Å². The van der Waals surface area contributed by atoms with Gasteiger partial charge in [0.25, 0.3) is 0 Å². The molecule has 0 amide bonds. The van der Waals surface area contributed by atoms with Gasteiger partial charge >= 0.3 is 0 Å². The van der Waals surface area contributed by atoms with Crippen molar-refractivity contribution in [3.63, 3.8) is 0 Å². The van der Waals surface area contributed by atoms with Gasteiger partial charge in [0, 0.05) is 22.1 Å². The number of hydrogen-bond donors (Lipinski definition) is 3. The molecule has 4 N–H and O–H groups in total. The molecule has 0 fully saturated rings. The van der Waals surface area contributed by atoms with Crippen molar-refractivity contribution >= 4 is 39.1 Å². The summed E-state index contributed by atoms with van der Waals surface area (Å²) in [4.78, 5) is 0.